The molecule has 0 aliphatic rings. The van der Waals surface area contributed by atoms with Crippen molar-refractivity contribution in [2.24, 2.45) is 0 Å². The first-order valence-electron chi connectivity index (χ1n) is 3.72. The molecule has 12 heavy (non-hydrogen) atoms. The maximum Gasteiger partial charge on any atom is 0.00736 e. The predicted molar refractivity (Wildman–Crippen MR) is 45.9 cm³/mol. The molecular weight excluding hydrogens is 225 g/mol. The summed E-state index contributed by atoms with van der Waals surface area (Å²) in [6.07, 6.45) is 0. The Morgan fingerprint density at radius 3 is 1.92 bits per heavy atom. The molecule has 1 N–H and O–H groups in total. The van der Waals surface area contributed by atoms with Gasteiger partial charge in [0.25, 0.3) is 0 Å². The molecule has 0 amide bonds. The molecule has 0 aliphatic carbocycles. The fourth-order valence-corrected chi connectivity index (χ4v) is 1.11. The molecule has 63 valence electrons. The van der Waals surface area contributed by atoms with Crippen LogP contribution in [0.15, 0.2) is 0 Å². The van der Waals surface area contributed by atoms with E-state index in [2.05, 4.69) is 6.07 Å². The molecule has 1 radical (unpaired) electrons. The zero-order valence-electron chi connectivity index (χ0n) is 8.02. The van der Waals surface area contributed by atoms with E-state index in [0.717, 1.165) is 11.1 Å². The summed E-state index contributed by atoms with van der Waals surface area (Å²) in [7, 11) is 0. The first-order valence-corrected chi connectivity index (χ1v) is 3.72. The number of rotatable bonds is 0. The van der Waals surface area contributed by atoms with Gasteiger partial charge in [0.2, 0.25) is 0 Å². The summed E-state index contributed by atoms with van der Waals surface area (Å²) >= 11 is 0. The van der Waals surface area contributed by atoms with Crippen molar-refractivity contribution in [1.29, 1.82) is 0 Å². The second-order valence-corrected chi connectivity index (χ2v) is 2.97. The Morgan fingerprint density at radius 2 is 1.42 bits per heavy atom. The molecular formula is C10H13OY-. The van der Waals surface area contributed by atoms with E-state index < -0.39 is 0 Å². The minimum absolute atomic E-state index is 0. The number of phenols is 1. The SMILES string of the molecule is Cc1[c-]c(O)c(C)c(C)c1C.[Y]. The Kier molecular flexibility index (Phi) is 4.43. The van der Waals surface area contributed by atoms with Gasteiger partial charge in [-0.25, -0.2) is 0 Å². The minimum Gasteiger partial charge on any atom is -0.534 e. The van der Waals surface area contributed by atoms with Crippen LogP contribution in [0.3, 0.4) is 0 Å². The largest absolute Gasteiger partial charge is 0.534 e. The number of hydrogen-bond acceptors (Lipinski definition) is 1. The molecule has 0 spiro atoms. The monoisotopic (exact) mass is 238 g/mol. The van der Waals surface area contributed by atoms with Crippen LogP contribution in [0.5, 0.6) is 5.75 Å². The standard InChI is InChI=1S/C10H13O.Y/c1-6-5-10(11)9(4)8(3)7(6)2;/h11H,1-4H3;/q-1;. The minimum atomic E-state index is 0. The van der Waals surface area contributed by atoms with Gasteiger partial charge in [0.05, 0.1) is 0 Å². The molecule has 1 rings (SSSR count). The van der Waals surface area contributed by atoms with Crippen molar-refractivity contribution in [3.63, 3.8) is 0 Å². The normalized spacial score (nSPS) is 9.33. The van der Waals surface area contributed by atoms with Gasteiger partial charge in [0, 0.05) is 38.5 Å². The van der Waals surface area contributed by atoms with Gasteiger partial charge < -0.3 is 5.11 Å². The second-order valence-electron chi connectivity index (χ2n) is 2.97. The summed E-state index contributed by atoms with van der Waals surface area (Å²) in [6.45, 7) is 7.94. The van der Waals surface area contributed by atoms with Crippen LogP contribution in [0.4, 0.5) is 0 Å². The quantitative estimate of drug-likeness (QED) is 0.688. The van der Waals surface area contributed by atoms with Gasteiger partial charge in [0.1, 0.15) is 0 Å². The zero-order chi connectivity index (χ0) is 8.59. The van der Waals surface area contributed by atoms with Crippen LogP contribution in [0, 0.1) is 33.8 Å². The summed E-state index contributed by atoms with van der Waals surface area (Å²) in [4.78, 5) is 0. The van der Waals surface area contributed by atoms with Crippen molar-refractivity contribution in [1.82, 2.24) is 0 Å². The average molecular weight is 238 g/mol. The second kappa shape index (κ2) is 4.39. The van der Waals surface area contributed by atoms with Crippen molar-refractivity contribution < 1.29 is 37.8 Å². The third kappa shape index (κ3) is 2.08. The van der Waals surface area contributed by atoms with Gasteiger partial charge in [-0.2, -0.15) is 16.7 Å². The van der Waals surface area contributed by atoms with Crippen LogP contribution >= 0.6 is 0 Å². The molecule has 1 nitrogen and oxygen atoms in total. The molecule has 2 heteroatoms. The summed E-state index contributed by atoms with van der Waals surface area (Å²) in [6, 6.07) is 2.90. The molecule has 0 saturated heterocycles. The average Bonchev–Trinajstić information content (AvgIpc) is 1.97. The van der Waals surface area contributed by atoms with Gasteiger partial charge in [-0.05, 0) is 0 Å². The van der Waals surface area contributed by atoms with E-state index in [9.17, 15) is 5.11 Å². The van der Waals surface area contributed by atoms with Crippen molar-refractivity contribution in [2.45, 2.75) is 27.7 Å². The summed E-state index contributed by atoms with van der Waals surface area (Å²) in [5.74, 6) is 0.283. The topological polar surface area (TPSA) is 20.2 Å². The Hall–Kier alpha value is 0.124. The first kappa shape index (κ1) is 12.1. The van der Waals surface area contributed by atoms with Gasteiger partial charge in [-0.3, -0.25) is 0 Å². The number of aromatic hydroxyl groups is 1. The van der Waals surface area contributed by atoms with E-state index in [4.69, 9.17) is 0 Å². The molecule has 1 aromatic carbocycles. The molecule has 0 aromatic heterocycles. The van der Waals surface area contributed by atoms with E-state index in [1.165, 1.54) is 11.1 Å². The van der Waals surface area contributed by atoms with E-state index >= 15 is 0 Å². The van der Waals surface area contributed by atoms with Gasteiger partial charge >= 0.3 is 0 Å². The van der Waals surface area contributed by atoms with E-state index in [1.807, 2.05) is 27.7 Å². The fraction of sp³-hybridized carbons (Fsp3) is 0.400. The first-order chi connectivity index (χ1) is 5.04. The van der Waals surface area contributed by atoms with Crippen LogP contribution in [-0.4, -0.2) is 5.11 Å². The number of benzene rings is 1. The number of aryl methyl sites for hydroxylation is 1. The van der Waals surface area contributed by atoms with Crippen molar-refractivity contribution >= 4 is 0 Å². The van der Waals surface area contributed by atoms with E-state index in [1.54, 1.807) is 0 Å². The molecule has 0 fully saturated rings. The maximum absolute atomic E-state index is 9.35. The third-order valence-electron chi connectivity index (χ3n) is 2.35. The zero-order valence-corrected chi connectivity index (χ0v) is 10.9. The third-order valence-corrected chi connectivity index (χ3v) is 2.35. The Labute approximate surface area is 99.1 Å². The molecule has 0 aliphatic heterocycles. The van der Waals surface area contributed by atoms with Gasteiger partial charge in [0.15, 0.2) is 0 Å². The molecule has 0 bridgehead atoms. The van der Waals surface area contributed by atoms with E-state index in [-0.39, 0.29) is 38.5 Å². The molecule has 0 saturated carbocycles. The van der Waals surface area contributed by atoms with Crippen LogP contribution < -0.4 is 0 Å². The van der Waals surface area contributed by atoms with Gasteiger partial charge in [-0.1, -0.05) is 27.7 Å². The predicted octanol–water partition coefficient (Wildman–Crippen LogP) is 2.42. The smallest absolute Gasteiger partial charge is 0.00736 e. The Bertz CT molecular complexity index is 266. The van der Waals surface area contributed by atoms with Gasteiger partial charge in [-0.15, -0.1) is 11.6 Å². The van der Waals surface area contributed by atoms with Crippen LogP contribution in [0.2, 0.25) is 0 Å². The Balaban J connectivity index is 0.00000121. The summed E-state index contributed by atoms with van der Waals surface area (Å²) < 4.78 is 0. The Morgan fingerprint density at radius 1 is 0.917 bits per heavy atom. The summed E-state index contributed by atoms with van der Waals surface area (Å²) in [5, 5.41) is 9.35. The number of hydrogen-bond donors (Lipinski definition) is 1. The molecule has 0 unspecified atom stereocenters. The number of phenolic OH excluding ortho intramolecular Hbond substituents is 1. The molecule has 1 aromatic rings. The van der Waals surface area contributed by atoms with Crippen LogP contribution in [-0.2, 0) is 32.7 Å². The summed E-state index contributed by atoms with van der Waals surface area (Å²) in [5.41, 5.74) is 4.36. The van der Waals surface area contributed by atoms with Crippen molar-refractivity contribution in [2.75, 3.05) is 0 Å². The van der Waals surface area contributed by atoms with Crippen LogP contribution in [0.25, 0.3) is 0 Å². The molecule has 0 heterocycles. The van der Waals surface area contributed by atoms with Crippen LogP contribution in [0.1, 0.15) is 22.3 Å². The molecule has 0 atom stereocenters. The maximum atomic E-state index is 9.35. The fourth-order valence-electron chi connectivity index (χ4n) is 1.11. The van der Waals surface area contributed by atoms with Crippen molar-refractivity contribution in [3.05, 3.63) is 28.3 Å². The van der Waals surface area contributed by atoms with E-state index in [0.29, 0.717) is 0 Å². The van der Waals surface area contributed by atoms with Crippen molar-refractivity contribution in [3.8, 4) is 5.75 Å².